The number of para-hydroxylation sites is 1. The van der Waals surface area contributed by atoms with Gasteiger partial charge in [0.15, 0.2) is 18.0 Å². The van der Waals surface area contributed by atoms with Gasteiger partial charge in [0.05, 0.1) is 16.5 Å². The van der Waals surface area contributed by atoms with Crippen LogP contribution in [0.1, 0.15) is 32.3 Å². The molecule has 2 aromatic carbocycles. The molecule has 1 aliphatic heterocycles. The maximum absolute atomic E-state index is 12.5. The zero-order chi connectivity index (χ0) is 25.3. The summed E-state index contributed by atoms with van der Waals surface area (Å²) in [5, 5.41) is 10.9. The summed E-state index contributed by atoms with van der Waals surface area (Å²) < 4.78 is 11.5. The molecule has 182 valence electrons. The van der Waals surface area contributed by atoms with Crippen molar-refractivity contribution < 1.29 is 23.7 Å². The van der Waals surface area contributed by atoms with Crippen LogP contribution in [0.2, 0.25) is 0 Å². The number of oxazole rings is 1. The second kappa shape index (κ2) is 9.21. The number of benzene rings is 2. The largest absolute Gasteiger partial charge is 0.457 e. The number of aryl methyl sites for hydroxylation is 1. The van der Waals surface area contributed by atoms with Gasteiger partial charge >= 0.3 is 11.7 Å². The number of fused-ring (bicyclic) bond motifs is 2. The van der Waals surface area contributed by atoms with E-state index in [4.69, 9.17) is 9.15 Å². The number of aromatic nitrogens is 1. The number of carbonyl (C=O) groups excluding carboxylic acids is 2. The molecule has 0 saturated heterocycles. The van der Waals surface area contributed by atoms with Crippen molar-refractivity contribution >= 4 is 34.2 Å². The number of nitrogens with zero attached hydrogens (tertiary/aromatic N) is 3. The Labute approximate surface area is 200 Å². The molecule has 1 aromatic heterocycles. The minimum Gasteiger partial charge on any atom is -0.457 e. The van der Waals surface area contributed by atoms with Gasteiger partial charge in [-0.1, -0.05) is 32.0 Å². The molecule has 4 rings (SSSR count). The van der Waals surface area contributed by atoms with Crippen molar-refractivity contribution in [2.75, 3.05) is 18.6 Å². The van der Waals surface area contributed by atoms with E-state index in [1.165, 1.54) is 28.8 Å². The molecule has 35 heavy (non-hydrogen) atoms. The third kappa shape index (κ3) is 4.59. The van der Waals surface area contributed by atoms with E-state index in [9.17, 15) is 24.5 Å². The van der Waals surface area contributed by atoms with Crippen LogP contribution in [0.25, 0.3) is 11.1 Å². The van der Waals surface area contributed by atoms with E-state index in [-0.39, 0.29) is 48.5 Å². The predicted octanol–water partition coefficient (Wildman–Crippen LogP) is 3.71. The minimum absolute atomic E-state index is 0.00716. The Bertz CT molecular complexity index is 1410. The van der Waals surface area contributed by atoms with Crippen molar-refractivity contribution in [3.8, 4) is 0 Å². The second-order valence-corrected chi connectivity index (χ2v) is 8.89. The Balaban J connectivity index is 1.32. The number of likely N-dealkylation sites (N-methyl/N-ethyl adjacent to an activating group) is 1. The minimum atomic E-state index is -0.667. The van der Waals surface area contributed by atoms with Crippen molar-refractivity contribution in [3.63, 3.8) is 0 Å². The molecule has 0 N–H and O–H groups in total. The normalized spacial score (nSPS) is 15.4. The van der Waals surface area contributed by atoms with Crippen LogP contribution in [0.15, 0.2) is 63.4 Å². The Hall–Kier alpha value is -4.21. The number of anilines is 1. The Morgan fingerprint density at radius 1 is 1.20 bits per heavy atom. The summed E-state index contributed by atoms with van der Waals surface area (Å²) in [6.45, 7) is 3.87. The van der Waals surface area contributed by atoms with Gasteiger partial charge in [0, 0.05) is 49.0 Å². The van der Waals surface area contributed by atoms with Crippen molar-refractivity contribution in [2.24, 2.45) is 0 Å². The number of hydrogen-bond donors (Lipinski definition) is 0. The van der Waals surface area contributed by atoms with E-state index in [0.717, 1.165) is 16.9 Å². The lowest BCUT2D eigenvalue weighted by molar-refractivity contribution is -0.384. The number of ketones is 1. The summed E-state index contributed by atoms with van der Waals surface area (Å²) in [4.78, 5) is 49.1. The molecule has 0 amide bonds. The number of allylic oxidation sites excluding steroid dienone is 1. The third-order valence-corrected chi connectivity index (χ3v) is 6.24. The van der Waals surface area contributed by atoms with Gasteiger partial charge in [-0.2, -0.15) is 0 Å². The first-order valence-corrected chi connectivity index (χ1v) is 11.1. The molecule has 2 heterocycles. The first-order valence-electron chi connectivity index (χ1n) is 11.1. The standard InChI is InChI=1S/C25H25N3O7/c1-25(2)18-7-4-5-8-19(18)26(3)22(25)14-17(29)15-34-23(30)9-6-12-27-20-11-10-16(28(32)33)13-21(20)35-24(27)31/h4-5,7-8,10-11,13-14H,6,9,12,15H2,1-3H3/b22-14-. The van der Waals surface area contributed by atoms with E-state index >= 15 is 0 Å². The molecular formula is C25H25N3O7. The van der Waals surface area contributed by atoms with E-state index in [1.54, 1.807) is 0 Å². The highest BCUT2D eigenvalue weighted by molar-refractivity contribution is 5.94. The zero-order valence-corrected chi connectivity index (χ0v) is 19.6. The number of esters is 1. The molecule has 0 spiro atoms. The fraction of sp³-hybridized carbons (Fsp3) is 0.320. The molecule has 1 aliphatic rings. The van der Waals surface area contributed by atoms with Crippen LogP contribution in [0.5, 0.6) is 0 Å². The number of ether oxygens (including phenoxy) is 1. The van der Waals surface area contributed by atoms with Crippen LogP contribution in [-0.4, -0.2) is 34.9 Å². The average molecular weight is 479 g/mol. The lowest BCUT2D eigenvalue weighted by Crippen LogP contribution is -2.25. The van der Waals surface area contributed by atoms with Crippen LogP contribution in [-0.2, 0) is 26.3 Å². The Kier molecular flexibility index (Phi) is 6.29. The quantitative estimate of drug-likeness (QED) is 0.207. The van der Waals surface area contributed by atoms with Crippen molar-refractivity contribution in [1.82, 2.24) is 4.57 Å². The van der Waals surface area contributed by atoms with E-state index in [0.29, 0.717) is 5.52 Å². The summed E-state index contributed by atoms with van der Waals surface area (Å²) in [5.41, 5.74) is 2.95. The average Bonchev–Trinajstić information content (AvgIpc) is 3.23. The first kappa shape index (κ1) is 23.9. The molecule has 0 radical (unpaired) electrons. The molecule has 0 saturated carbocycles. The molecule has 0 atom stereocenters. The maximum Gasteiger partial charge on any atom is 0.419 e. The summed E-state index contributed by atoms with van der Waals surface area (Å²) in [6.07, 6.45) is 1.78. The zero-order valence-electron chi connectivity index (χ0n) is 19.6. The van der Waals surface area contributed by atoms with Gasteiger partial charge in [0.2, 0.25) is 0 Å². The SMILES string of the molecule is CN1/C(=C\C(=O)COC(=O)CCCn2c(=O)oc3cc([N+](=O)[O-])ccc32)C(C)(C)c2ccccc21. The summed E-state index contributed by atoms with van der Waals surface area (Å²) in [6, 6.07) is 11.8. The fourth-order valence-corrected chi connectivity index (χ4v) is 4.44. The third-order valence-electron chi connectivity index (χ3n) is 6.24. The molecular weight excluding hydrogens is 454 g/mol. The molecule has 3 aromatic rings. The van der Waals surface area contributed by atoms with Gasteiger partial charge in [0.1, 0.15) is 0 Å². The van der Waals surface area contributed by atoms with Crippen LogP contribution in [0, 0.1) is 10.1 Å². The predicted molar refractivity (Wildman–Crippen MR) is 128 cm³/mol. The molecule has 0 aliphatic carbocycles. The number of rotatable bonds is 8. The molecule has 10 nitrogen and oxygen atoms in total. The summed E-state index contributed by atoms with van der Waals surface area (Å²) >= 11 is 0. The number of non-ortho nitro benzene ring substituents is 1. The molecule has 0 fully saturated rings. The highest BCUT2D eigenvalue weighted by Crippen LogP contribution is 2.46. The lowest BCUT2D eigenvalue weighted by atomic mass is 9.83. The van der Waals surface area contributed by atoms with Gasteiger partial charge in [-0.25, -0.2) is 4.79 Å². The van der Waals surface area contributed by atoms with Crippen LogP contribution < -0.4 is 10.7 Å². The summed E-state index contributed by atoms with van der Waals surface area (Å²) in [5.74, 6) is -1.55. The van der Waals surface area contributed by atoms with Crippen LogP contribution in [0.3, 0.4) is 0 Å². The summed E-state index contributed by atoms with van der Waals surface area (Å²) in [7, 11) is 1.90. The number of nitro groups is 1. The van der Waals surface area contributed by atoms with Gasteiger partial charge in [-0.15, -0.1) is 0 Å². The van der Waals surface area contributed by atoms with Crippen molar-refractivity contribution in [1.29, 1.82) is 0 Å². The van der Waals surface area contributed by atoms with Crippen molar-refractivity contribution in [2.45, 2.75) is 38.6 Å². The Morgan fingerprint density at radius 3 is 2.66 bits per heavy atom. The highest BCUT2D eigenvalue weighted by Gasteiger charge is 2.38. The maximum atomic E-state index is 12.5. The second-order valence-electron chi connectivity index (χ2n) is 8.89. The molecule has 0 bridgehead atoms. The number of nitro benzene ring substituents is 1. The van der Waals surface area contributed by atoms with Gasteiger partial charge in [0.25, 0.3) is 5.69 Å². The number of carbonyl (C=O) groups is 2. The Morgan fingerprint density at radius 2 is 1.94 bits per heavy atom. The van der Waals surface area contributed by atoms with E-state index in [2.05, 4.69) is 0 Å². The lowest BCUT2D eigenvalue weighted by Gasteiger charge is -2.23. The van der Waals surface area contributed by atoms with E-state index in [1.807, 2.05) is 50.1 Å². The van der Waals surface area contributed by atoms with Gasteiger partial charge < -0.3 is 14.1 Å². The van der Waals surface area contributed by atoms with Gasteiger partial charge in [-0.05, 0) is 24.1 Å². The van der Waals surface area contributed by atoms with Gasteiger partial charge in [-0.3, -0.25) is 24.3 Å². The van der Waals surface area contributed by atoms with Crippen LogP contribution >= 0.6 is 0 Å². The fourth-order valence-electron chi connectivity index (χ4n) is 4.44. The highest BCUT2D eigenvalue weighted by atomic mass is 16.6. The monoisotopic (exact) mass is 479 g/mol. The number of hydrogen-bond acceptors (Lipinski definition) is 8. The molecule has 10 heteroatoms. The van der Waals surface area contributed by atoms with E-state index < -0.39 is 16.6 Å². The first-order chi connectivity index (χ1) is 16.6. The molecule has 0 unspecified atom stereocenters. The van der Waals surface area contributed by atoms with Crippen molar-refractivity contribution in [3.05, 3.63) is 80.5 Å². The smallest absolute Gasteiger partial charge is 0.419 e. The topological polar surface area (TPSA) is 125 Å². The van der Waals surface area contributed by atoms with Crippen LogP contribution in [0.4, 0.5) is 11.4 Å².